The van der Waals surface area contributed by atoms with Crippen molar-refractivity contribution in [3.05, 3.63) is 0 Å². The van der Waals surface area contributed by atoms with Crippen molar-refractivity contribution in [3.63, 3.8) is 0 Å². The minimum Gasteiger partial charge on any atom is -0.444 e. The number of aliphatic hydroxyl groups is 1. The van der Waals surface area contributed by atoms with Crippen LogP contribution in [0.4, 0.5) is 4.79 Å². The van der Waals surface area contributed by atoms with Crippen molar-refractivity contribution >= 4 is 22.0 Å². The normalized spacial score (nSPS) is 26.9. The van der Waals surface area contributed by atoms with E-state index in [9.17, 15) is 9.90 Å². The summed E-state index contributed by atoms with van der Waals surface area (Å²) in [6.45, 7) is 5.87. The zero-order chi connectivity index (χ0) is 11.6. The van der Waals surface area contributed by atoms with Crippen LogP contribution in [0.3, 0.4) is 0 Å². The summed E-state index contributed by atoms with van der Waals surface area (Å²) in [4.78, 5) is 13.3. The molecule has 15 heavy (non-hydrogen) atoms. The molecule has 1 heterocycles. The topological polar surface area (TPSA) is 49.8 Å². The number of hydrogen-bond acceptors (Lipinski definition) is 3. The predicted octanol–water partition coefficient (Wildman–Crippen LogP) is 1.75. The number of likely N-dealkylation sites (tertiary alicyclic amines) is 1. The molecule has 0 aromatic carbocycles. The van der Waals surface area contributed by atoms with Gasteiger partial charge in [-0.15, -0.1) is 0 Å². The molecule has 1 aliphatic heterocycles. The second-order valence-electron chi connectivity index (χ2n) is 4.83. The first-order valence-corrected chi connectivity index (χ1v) is 6.19. The smallest absolute Gasteiger partial charge is 0.410 e. The van der Waals surface area contributed by atoms with Gasteiger partial charge in [0.05, 0.1) is 12.6 Å². The van der Waals surface area contributed by atoms with Crippen molar-refractivity contribution in [1.29, 1.82) is 0 Å². The van der Waals surface area contributed by atoms with E-state index in [0.29, 0.717) is 18.3 Å². The fraction of sp³-hybridized carbons (Fsp3) is 0.900. The van der Waals surface area contributed by atoms with Gasteiger partial charge in [-0.2, -0.15) is 0 Å². The summed E-state index contributed by atoms with van der Waals surface area (Å²) in [5.74, 6) is 0. The van der Waals surface area contributed by atoms with Crippen molar-refractivity contribution < 1.29 is 14.6 Å². The van der Waals surface area contributed by atoms with Crippen LogP contribution in [0.2, 0.25) is 0 Å². The van der Waals surface area contributed by atoms with Gasteiger partial charge in [0, 0.05) is 11.4 Å². The van der Waals surface area contributed by atoms with Crippen LogP contribution in [0.15, 0.2) is 0 Å². The Labute approximate surface area is 98.7 Å². The molecular weight excluding hydrogens is 262 g/mol. The largest absolute Gasteiger partial charge is 0.444 e. The zero-order valence-electron chi connectivity index (χ0n) is 9.36. The van der Waals surface area contributed by atoms with Crippen molar-refractivity contribution in [2.45, 2.75) is 44.9 Å². The molecule has 1 saturated heterocycles. The number of β-amino-alcohol motifs (C(OH)–C–C–N with tert-alkyl or cyclic N) is 1. The number of alkyl halides is 1. The molecule has 5 heteroatoms. The van der Waals surface area contributed by atoms with Crippen LogP contribution in [-0.2, 0) is 4.74 Å². The Hall–Kier alpha value is -0.290. The number of carbonyl (C=O) groups is 1. The van der Waals surface area contributed by atoms with Gasteiger partial charge in [0.2, 0.25) is 0 Å². The van der Waals surface area contributed by atoms with E-state index in [2.05, 4.69) is 15.9 Å². The summed E-state index contributed by atoms with van der Waals surface area (Å²) in [5.41, 5.74) is -0.485. The minimum absolute atomic E-state index is 0.0369. The van der Waals surface area contributed by atoms with Gasteiger partial charge in [0.25, 0.3) is 0 Å². The Morgan fingerprint density at radius 3 is 2.67 bits per heavy atom. The van der Waals surface area contributed by atoms with E-state index in [1.807, 2.05) is 20.8 Å². The van der Waals surface area contributed by atoms with E-state index >= 15 is 0 Å². The average molecular weight is 280 g/mol. The molecule has 0 radical (unpaired) electrons. The SMILES string of the molecule is CC(C)(C)OC(=O)N1CC(O)CC1CBr. The molecule has 2 atom stereocenters. The summed E-state index contributed by atoms with van der Waals surface area (Å²) in [5, 5.41) is 10.1. The van der Waals surface area contributed by atoms with Gasteiger partial charge in [-0.25, -0.2) is 4.79 Å². The molecule has 1 aliphatic rings. The van der Waals surface area contributed by atoms with Crippen LogP contribution in [0.5, 0.6) is 0 Å². The van der Waals surface area contributed by atoms with E-state index < -0.39 is 11.7 Å². The molecule has 1 N–H and O–H groups in total. The number of nitrogens with zero attached hydrogens (tertiary/aromatic N) is 1. The molecule has 1 amide bonds. The first kappa shape index (κ1) is 12.8. The highest BCUT2D eigenvalue weighted by Crippen LogP contribution is 2.22. The highest BCUT2D eigenvalue weighted by Gasteiger charge is 2.35. The minimum atomic E-state index is -0.485. The van der Waals surface area contributed by atoms with Gasteiger partial charge in [0.15, 0.2) is 0 Å². The molecule has 1 rings (SSSR count). The predicted molar refractivity (Wildman–Crippen MR) is 61.1 cm³/mol. The number of carbonyl (C=O) groups excluding carboxylic acids is 1. The molecular formula is C10H18BrNO3. The summed E-state index contributed by atoms with van der Waals surface area (Å²) in [6, 6.07) is 0.0369. The molecule has 1 fully saturated rings. The van der Waals surface area contributed by atoms with E-state index in [1.165, 1.54) is 0 Å². The molecule has 0 aliphatic carbocycles. The van der Waals surface area contributed by atoms with Crippen molar-refractivity contribution in [1.82, 2.24) is 4.90 Å². The second-order valence-corrected chi connectivity index (χ2v) is 5.48. The van der Waals surface area contributed by atoms with Gasteiger partial charge < -0.3 is 14.7 Å². The van der Waals surface area contributed by atoms with Gasteiger partial charge in [0.1, 0.15) is 5.60 Å². The van der Waals surface area contributed by atoms with Crippen LogP contribution in [-0.4, -0.2) is 45.7 Å². The van der Waals surface area contributed by atoms with Crippen LogP contribution < -0.4 is 0 Å². The lowest BCUT2D eigenvalue weighted by atomic mass is 10.2. The Balaban J connectivity index is 2.59. The molecule has 4 nitrogen and oxygen atoms in total. The van der Waals surface area contributed by atoms with Crippen molar-refractivity contribution in [2.75, 3.05) is 11.9 Å². The van der Waals surface area contributed by atoms with Crippen LogP contribution in [0.25, 0.3) is 0 Å². The van der Waals surface area contributed by atoms with Crippen molar-refractivity contribution in [3.8, 4) is 0 Å². The van der Waals surface area contributed by atoms with Crippen LogP contribution in [0, 0.1) is 0 Å². The summed E-state index contributed by atoms with van der Waals surface area (Å²) in [6.07, 6.45) is -0.159. The Morgan fingerprint density at radius 2 is 2.20 bits per heavy atom. The van der Waals surface area contributed by atoms with E-state index in [-0.39, 0.29) is 12.1 Å². The molecule has 0 bridgehead atoms. The fourth-order valence-corrected chi connectivity index (χ4v) is 2.20. The van der Waals surface area contributed by atoms with Gasteiger partial charge in [-0.3, -0.25) is 0 Å². The third kappa shape index (κ3) is 3.65. The molecule has 0 aromatic heterocycles. The molecule has 0 saturated carbocycles. The Morgan fingerprint density at radius 1 is 1.60 bits per heavy atom. The summed E-state index contributed by atoms with van der Waals surface area (Å²) < 4.78 is 5.26. The Kier molecular flexibility index (Phi) is 4.00. The molecule has 0 aromatic rings. The highest BCUT2D eigenvalue weighted by atomic mass is 79.9. The third-order valence-corrected chi connectivity index (χ3v) is 2.95. The maximum absolute atomic E-state index is 11.7. The number of amides is 1. The van der Waals surface area contributed by atoms with E-state index in [4.69, 9.17) is 4.74 Å². The number of rotatable bonds is 1. The lowest BCUT2D eigenvalue weighted by molar-refractivity contribution is 0.0223. The third-order valence-electron chi connectivity index (χ3n) is 2.20. The van der Waals surface area contributed by atoms with E-state index in [0.717, 1.165) is 0 Å². The highest BCUT2D eigenvalue weighted by molar-refractivity contribution is 9.09. The van der Waals surface area contributed by atoms with Gasteiger partial charge >= 0.3 is 6.09 Å². The monoisotopic (exact) mass is 279 g/mol. The number of ether oxygens (including phenoxy) is 1. The van der Waals surface area contributed by atoms with Gasteiger partial charge in [-0.05, 0) is 27.2 Å². The Bertz CT molecular complexity index is 239. The quantitative estimate of drug-likeness (QED) is 0.744. The number of halogens is 1. The second kappa shape index (κ2) is 4.70. The molecule has 0 spiro atoms. The zero-order valence-corrected chi connectivity index (χ0v) is 11.0. The number of hydrogen-bond donors (Lipinski definition) is 1. The van der Waals surface area contributed by atoms with E-state index in [1.54, 1.807) is 4.90 Å². The van der Waals surface area contributed by atoms with Crippen LogP contribution >= 0.6 is 15.9 Å². The van der Waals surface area contributed by atoms with Crippen molar-refractivity contribution in [2.24, 2.45) is 0 Å². The molecule has 2 unspecified atom stereocenters. The fourth-order valence-electron chi connectivity index (χ4n) is 1.58. The van der Waals surface area contributed by atoms with Gasteiger partial charge in [-0.1, -0.05) is 15.9 Å². The maximum Gasteiger partial charge on any atom is 0.410 e. The lowest BCUT2D eigenvalue weighted by Gasteiger charge is -2.27. The molecule has 88 valence electrons. The summed E-state index contributed by atoms with van der Waals surface area (Å²) in [7, 11) is 0. The lowest BCUT2D eigenvalue weighted by Crippen LogP contribution is -2.40. The first-order chi connectivity index (χ1) is 6.83. The first-order valence-electron chi connectivity index (χ1n) is 5.07. The number of aliphatic hydroxyl groups excluding tert-OH is 1. The van der Waals surface area contributed by atoms with Crippen LogP contribution in [0.1, 0.15) is 27.2 Å². The maximum atomic E-state index is 11.7. The summed E-state index contributed by atoms with van der Waals surface area (Å²) >= 11 is 3.33. The standard InChI is InChI=1S/C10H18BrNO3/c1-10(2,3)15-9(14)12-6-8(13)4-7(12)5-11/h7-8,13H,4-6H2,1-3H3. The average Bonchev–Trinajstić information content (AvgIpc) is 2.43.